The summed E-state index contributed by atoms with van der Waals surface area (Å²) in [7, 11) is 0. The molecule has 0 aliphatic heterocycles. The smallest absolute Gasteiger partial charge is 0.266 e. The normalized spacial score (nSPS) is 12.4. The minimum Gasteiger partial charge on any atom is -0.488 e. The minimum atomic E-state index is -0.601. The zero-order chi connectivity index (χ0) is 29.7. The molecule has 4 heterocycles. The van der Waals surface area contributed by atoms with Crippen LogP contribution in [0.15, 0.2) is 78.1 Å². The number of nitrogen functional groups attached to an aromatic ring is 1. The van der Waals surface area contributed by atoms with Gasteiger partial charge in [-0.15, -0.1) is 0 Å². The van der Waals surface area contributed by atoms with Gasteiger partial charge in [0.25, 0.3) is 5.56 Å². The lowest BCUT2D eigenvalue weighted by atomic mass is 10.0. The summed E-state index contributed by atoms with van der Waals surface area (Å²) in [5.41, 5.74) is 8.78. The molecule has 0 amide bonds. The second-order valence-electron chi connectivity index (χ2n) is 10.2. The number of benzene rings is 2. The van der Waals surface area contributed by atoms with Crippen molar-refractivity contribution in [1.29, 1.82) is 0 Å². The van der Waals surface area contributed by atoms with E-state index in [0.717, 1.165) is 0 Å². The quantitative estimate of drug-likeness (QED) is 0.234. The number of pyridine rings is 1. The molecule has 6 aromatic rings. The van der Waals surface area contributed by atoms with Crippen molar-refractivity contribution in [3.8, 4) is 28.0 Å². The van der Waals surface area contributed by atoms with Gasteiger partial charge in [-0.05, 0) is 68.3 Å². The number of fused-ring (bicyclic) bond motifs is 2. The van der Waals surface area contributed by atoms with Gasteiger partial charge in [0, 0.05) is 18.0 Å². The predicted octanol–water partition coefficient (Wildman–Crippen LogP) is 6.68. The highest BCUT2D eigenvalue weighted by molar-refractivity contribution is 6.30. The van der Waals surface area contributed by atoms with Crippen LogP contribution in [0.3, 0.4) is 0 Å². The van der Waals surface area contributed by atoms with Gasteiger partial charge in [0.05, 0.1) is 33.8 Å². The molecule has 0 aliphatic rings. The van der Waals surface area contributed by atoms with E-state index in [1.165, 1.54) is 41.2 Å². The van der Waals surface area contributed by atoms with Gasteiger partial charge < -0.3 is 15.0 Å². The first-order valence-electron chi connectivity index (χ1n) is 13.2. The SMILES string of the molecule is CC(C)Oc1ccc(-c2cn([C@H](C)c3nc4ccc(Cl)cn4c(=O)c3-c3cccc(F)c3)c3ncnc(N)c23)cc1F. The highest BCUT2D eigenvalue weighted by atomic mass is 35.5. The molecule has 0 radical (unpaired) electrons. The first kappa shape index (κ1) is 27.3. The average Bonchev–Trinajstić information content (AvgIpc) is 3.35. The number of nitrogens with zero attached hydrogens (tertiary/aromatic N) is 5. The lowest BCUT2D eigenvalue weighted by molar-refractivity contribution is 0.231. The van der Waals surface area contributed by atoms with Gasteiger partial charge in [0.2, 0.25) is 0 Å². The lowest BCUT2D eigenvalue weighted by Crippen LogP contribution is -2.23. The van der Waals surface area contributed by atoms with Crippen molar-refractivity contribution in [3.63, 3.8) is 0 Å². The highest BCUT2D eigenvalue weighted by Crippen LogP contribution is 2.38. The summed E-state index contributed by atoms with van der Waals surface area (Å²) < 4.78 is 38.1. The molecular weight excluding hydrogens is 562 g/mol. The molecule has 0 bridgehead atoms. The first-order valence-corrected chi connectivity index (χ1v) is 13.6. The average molecular weight is 587 g/mol. The molecular formula is C31H25ClF2N6O2. The number of hydrogen-bond donors (Lipinski definition) is 1. The summed E-state index contributed by atoms with van der Waals surface area (Å²) in [6.45, 7) is 5.48. The number of hydrogen-bond acceptors (Lipinski definition) is 6. The molecule has 0 unspecified atom stereocenters. The zero-order valence-corrected chi connectivity index (χ0v) is 23.6. The summed E-state index contributed by atoms with van der Waals surface area (Å²) in [6.07, 6.45) is 4.39. The summed E-state index contributed by atoms with van der Waals surface area (Å²) in [6, 6.07) is 13.1. The first-order chi connectivity index (χ1) is 20.1. The van der Waals surface area contributed by atoms with Crippen LogP contribution < -0.4 is 16.0 Å². The molecule has 0 saturated heterocycles. The molecule has 11 heteroatoms. The van der Waals surface area contributed by atoms with Crippen molar-refractivity contribution < 1.29 is 13.5 Å². The Hall–Kier alpha value is -4.83. The monoisotopic (exact) mass is 586 g/mol. The minimum absolute atomic E-state index is 0.135. The molecule has 2 aromatic carbocycles. The summed E-state index contributed by atoms with van der Waals surface area (Å²) >= 11 is 6.19. The predicted molar refractivity (Wildman–Crippen MR) is 159 cm³/mol. The van der Waals surface area contributed by atoms with Crippen molar-refractivity contribution in [1.82, 2.24) is 23.9 Å². The van der Waals surface area contributed by atoms with Crippen molar-refractivity contribution in [2.75, 3.05) is 5.73 Å². The Morgan fingerprint density at radius 1 is 0.976 bits per heavy atom. The Morgan fingerprint density at radius 3 is 2.52 bits per heavy atom. The molecule has 0 aliphatic carbocycles. The van der Waals surface area contributed by atoms with Crippen LogP contribution in [0.4, 0.5) is 14.6 Å². The molecule has 0 saturated carbocycles. The fourth-order valence-electron chi connectivity index (χ4n) is 5.12. The van der Waals surface area contributed by atoms with Crippen LogP contribution in [-0.4, -0.2) is 30.0 Å². The summed E-state index contributed by atoms with van der Waals surface area (Å²) in [4.78, 5) is 27.4. The third-order valence-corrected chi connectivity index (χ3v) is 7.21. The molecule has 8 nitrogen and oxygen atoms in total. The number of nitrogens with two attached hydrogens (primary N) is 1. The van der Waals surface area contributed by atoms with Crippen LogP contribution in [0.2, 0.25) is 5.02 Å². The molecule has 1 atom stereocenters. The number of aromatic nitrogens is 5. The van der Waals surface area contributed by atoms with E-state index in [4.69, 9.17) is 27.1 Å². The molecule has 42 heavy (non-hydrogen) atoms. The Bertz CT molecular complexity index is 2060. The Balaban J connectivity index is 1.59. The van der Waals surface area contributed by atoms with Crippen molar-refractivity contribution in [3.05, 3.63) is 106 Å². The van der Waals surface area contributed by atoms with Crippen LogP contribution >= 0.6 is 11.6 Å². The fraction of sp³-hybridized carbons (Fsp3) is 0.161. The van der Waals surface area contributed by atoms with Crippen LogP contribution in [0.1, 0.15) is 32.5 Å². The van der Waals surface area contributed by atoms with Gasteiger partial charge in [0.1, 0.15) is 29.3 Å². The van der Waals surface area contributed by atoms with Gasteiger partial charge in [-0.3, -0.25) is 9.20 Å². The van der Waals surface area contributed by atoms with Crippen LogP contribution in [0.5, 0.6) is 5.75 Å². The van der Waals surface area contributed by atoms with E-state index in [0.29, 0.717) is 44.1 Å². The van der Waals surface area contributed by atoms with Crippen LogP contribution in [0.25, 0.3) is 38.9 Å². The maximum Gasteiger partial charge on any atom is 0.266 e. The fourth-order valence-corrected chi connectivity index (χ4v) is 5.28. The van der Waals surface area contributed by atoms with Crippen molar-refractivity contribution in [2.24, 2.45) is 0 Å². The third kappa shape index (κ3) is 4.73. The van der Waals surface area contributed by atoms with E-state index in [1.807, 2.05) is 20.8 Å². The van der Waals surface area contributed by atoms with Gasteiger partial charge in [-0.25, -0.2) is 23.7 Å². The molecule has 212 valence electrons. The second kappa shape index (κ2) is 10.5. The summed E-state index contributed by atoms with van der Waals surface area (Å²) in [5, 5.41) is 0.862. The van der Waals surface area contributed by atoms with Crippen LogP contribution in [-0.2, 0) is 0 Å². The molecule has 2 N–H and O–H groups in total. The van der Waals surface area contributed by atoms with Gasteiger partial charge in [-0.1, -0.05) is 29.8 Å². The van der Waals surface area contributed by atoms with Gasteiger partial charge >= 0.3 is 0 Å². The molecule has 0 fully saturated rings. The van der Waals surface area contributed by atoms with Gasteiger partial charge in [-0.2, -0.15) is 0 Å². The van der Waals surface area contributed by atoms with Crippen LogP contribution in [0, 0.1) is 11.6 Å². The number of rotatable bonds is 6. The van der Waals surface area contributed by atoms with E-state index in [1.54, 1.807) is 41.1 Å². The largest absolute Gasteiger partial charge is 0.488 e. The van der Waals surface area contributed by atoms with E-state index in [2.05, 4.69) is 9.97 Å². The number of ether oxygens (including phenoxy) is 1. The van der Waals surface area contributed by atoms with Gasteiger partial charge in [0.15, 0.2) is 11.6 Å². The maximum absolute atomic E-state index is 15.0. The third-order valence-electron chi connectivity index (χ3n) is 6.99. The zero-order valence-electron chi connectivity index (χ0n) is 22.8. The standard InChI is InChI=1S/C31H25ClF2N6O2/c1-16(2)42-24-9-7-18(12-23(24)34)22-14-39(30-27(22)29(35)36-15-37-30)17(3)28-26(19-5-4-6-21(33)11-19)31(41)40-13-20(32)8-10-25(40)38-28/h4-17H,1-3H3,(H2,35,36,37)/t17-/m1/s1. The van der Waals surface area contributed by atoms with E-state index < -0.39 is 23.2 Å². The summed E-state index contributed by atoms with van der Waals surface area (Å²) in [5.74, 6) is -0.684. The maximum atomic E-state index is 15.0. The lowest BCUT2D eigenvalue weighted by Gasteiger charge is -2.19. The van der Waals surface area contributed by atoms with E-state index in [9.17, 15) is 9.18 Å². The Morgan fingerprint density at radius 2 is 1.79 bits per heavy atom. The van der Waals surface area contributed by atoms with Crippen molar-refractivity contribution >= 4 is 34.1 Å². The highest BCUT2D eigenvalue weighted by Gasteiger charge is 2.25. The van der Waals surface area contributed by atoms with Crippen molar-refractivity contribution in [2.45, 2.75) is 32.9 Å². The Labute approximate surface area is 244 Å². The Kier molecular flexibility index (Phi) is 6.86. The van der Waals surface area contributed by atoms with E-state index in [-0.39, 0.29) is 23.2 Å². The molecule has 6 rings (SSSR count). The molecule has 0 spiro atoms. The second-order valence-corrected chi connectivity index (χ2v) is 10.6. The molecule has 4 aromatic heterocycles. The number of anilines is 1. The number of halogens is 3. The van der Waals surface area contributed by atoms with E-state index >= 15 is 4.39 Å². The topological polar surface area (TPSA) is 100 Å².